The summed E-state index contributed by atoms with van der Waals surface area (Å²) in [6.07, 6.45) is 5.79. The van der Waals surface area contributed by atoms with E-state index in [-0.39, 0.29) is 23.4 Å². The van der Waals surface area contributed by atoms with Crippen molar-refractivity contribution < 1.29 is 33.0 Å². The molecule has 3 aromatic rings. The van der Waals surface area contributed by atoms with Gasteiger partial charge in [0, 0.05) is 30.1 Å². The molecule has 7 rings (SSSR count). The Hall–Kier alpha value is -3.91. The van der Waals surface area contributed by atoms with E-state index >= 15 is 0 Å². The summed E-state index contributed by atoms with van der Waals surface area (Å²) >= 11 is 0. The van der Waals surface area contributed by atoms with Gasteiger partial charge < -0.3 is 23.4 Å². The van der Waals surface area contributed by atoms with Crippen LogP contribution < -0.4 is 10.4 Å². The summed E-state index contributed by atoms with van der Waals surface area (Å²) < 4.78 is 30.7. The number of hydrogen-bond donors (Lipinski definition) is 0. The Kier molecular flexibility index (Phi) is 10.8. The fraction of sp³-hybridized carbons (Fsp3) is 0.558. The minimum Gasteiger partial charge on any atom is -0.483 e. The van der Waals surface area contributed by atoms with Crippen molar-refractivity contribution in [2.24, 2.45) is 17.3 Å². The molecule has 3 aliphatic heterocycles. The predicted molar refractivity (Wildman–Crippen MR) is 197 cm³/mol. The van der Waals surface area contributed by atoms with Crippen molar-refractivity contribution in [3.63, 3.8) is 0 Å². The van der Waals surface area contributed by atoms with Crippen LogP contribution in [0.4, 0.5) is 0 Å². The van der Waals surface area contributed by atoms with Crippen molar-refractivity contribution >= 4 is 22.9 Å². The highest BCUT2D eigenvalue weighted by Gasteiger charge is 2.51. The molecule has 1 fully saturated rings. The maximum Gasteiger partial charge on any atom is 0.339 e. The largest absolute Gasteiger partial charge is 0.483 e. The molecule has 1 spiro atoms. The van der Waals surface area contributed by atoms with Crippen molar-refractivity contribution in [2.45, 2.75) is 124 Å². The predicted octanol–water partition coefficient (Wildman–Crippen LogP) is 8.79. The molecule has 0 amide bonds. The Bertz CT molecular complexity index is 1840. The lowest BCUT2D eigenvalue weighted by Crippen LogP contribution is -2.52. The fourth-order valence-corrected chi connectivity index (χ4v) is 8.44. The smallest absolute Gasteiger partial charge is 0.339 e. The molecule has 274 valence electrons. The Morgan fingerprint density at radius 3 is 2.41 bits per heavy atom. The molecule has 1 aliphatic carbocycles. The Balaban J connectivity index is 1.46. The summed E-state index contributed by atoms with van der Waals surface area (Å²) in [5.74, 6) is 0.760. The van der Waals surface area contributed by atoms with E-state index in [1.165, 1.54) is 12.0 Å². The summed E-state index contributed by atoms with van der Waals surface area (Å²) in [5.41, 5.74) is 3.08. The number of fused-ring (bicyclic) bond motifs is 11. The van der Waals surface area contributed by atoms with E-state index < -0.39 is 29.4 Å². The molecule has 8 heteroatoms. The van der Waals surface area contributed by atoms with Crippen LogP contribution in [0.2, 0.25) is 0 Å². The maximum absolute atomic E-state index is 14.5. The molecule has 2 bridgehead atoms. The van der Waals surface area contributed by atoms with Gasteiger partial charge in [0.1, 0.15) is 16.9 Å². The van der Waals surface area contributed by atoms with Crippen LogP contribution in [0.5, 0.6) is 5.75 Å². The summed E-state index contributed by atoms with van der Waals surface area (Å²) in [6.45, 7) is 12.4. The molecular formula is C43H54O8. The molecule has 4 atom stereocenters. The Morgan fingerprint density at radius 1 is 0.961 bits per heavy atom. The van der Waals surface area contributed by atoms with Crippen LogP contribution >= 0.6 is 0 Å². The quantitative estimate of drug-likeness (QED) is 0.143. The van der Waals surface area contributed by atoms with E-state index in [0.29, 0.717) is 65.5 Å². The third kappa shape index (κ3) is 8.11. The number of ether oxygens (including phenoxy) is 4. The fourth-order valence-electron chi connectivity index (χ4n) is 8.44. The third-order valence-corrected chi connectivity index (χ3v) is 11.3. The molecule has 2 aromatic carbocycles. The first kappa shape index (κ1) is 36.9. The van der Waals surface area contributed by atoms with Crippen LogP contribution in [0.15, 0.2) is 62.8 Å². The summed E-state index contributed by atoms with van der Waals surface area (Å²) in [6, 6.07) is 14.1. The number of aryl methyl sites for hydroxylation is 1. The van der Waals surface area contributed by atoms with Gasteiger partial charge in [-0.1, -0.05) is 56.5 Å². The van der Waals surface area contributed by atoms with E-state index in [1.54, 1.807) is 13.2 Å². The highest BCUT2D eigenvalue weighted by molar-refractivity contribution is 5.90. The zero-order chi connectivity index (χ0) is 36.5. The van der Waals surface area contributed by atoms with Gasteiger partial charge in [0.15, 0.2) is 12.2 Å². The number of esters is 2. The number of hydrogen-bond acceptors (Lipinski definition) is 8. The molecule has 8 nitrogen and oxygen atoms in total. The number of carbonyl (C=O) groups excluding carboxylic acids is 2. The second-order valence-corrected chi connectivity index (χ2v) is 16.4. The van der Waals surface area contributed by atoms with E-state index in [2.05, 4.69) is 38.1 Å². The molecule has 4 unspecified atom stereocenters. The molecule has 0 N–H and O–H groups in total. The van der Waals surface area contributed by atoms with Gasteiger partial charge in [0.05, 0.1) is 18.6 Å². The minimum atomic E-state index is -1.08. The first-order valence-electron chi connectivity index (χ1n) is 18.7. The maximum atomic E-state index is 14.5. The summed E-state index contributed by atoms with van der Waals surface area (Å²) in [5, 5.41) is 0.657. The topological polar surface area (TPSA) is 101 Å². The summed E-state index contributed by atoms with van der Waals surface area (Å²) in [7, 11) is 1.59. The lowest BCUT2D eigenvalue weighted by atomic mass is 9.76. The van der Waals surface area contributed by atoms with Gasteiger partial charge in [-0.2, -0.15) is 0 Å². The first-order chi connectivity index (χ1) is 24.3. The number of benzene rings is 2. The lowest BCUT2D eigenvalue weighted by Gasteiger charge is -2.43. The highest BCUT2D eigenvalue weighted by Crippen LogP contribution is 2.51. The van der Waals surface area contributed by atoms with Crippen LogP contribution in [-0.4, -0.2) is 37.4 Å². The van der Waals surface area contributed by atoms with Gasteiger partial charge in [-0.15, -0.1) is 0 Å². The van der Waals surface area contributed by atoms with Crippen molar-refractivity contribution in [3.8, 4) is 5.75 Å². The van der Waals surface area contributed by atoms with Crippen molar-refractivity contribution in [3.05, 3.63) is 86.3 Å². The second-order valence-electron chi connectivity index (χ2n) is 16.4. The Morgan fingerprint density at radius 2 is 1.71 bits per heavy atom. The zero-order valence-corrected chi connectivity index (χ0v) is 31.4. The molecule has 4 aliphatic rings. The second kappa shape index (κ2) is 15.0. The monoisotopic (exact) mass is 698 g/mol. The van der Waals surface area contributed by atoms with Crippen LogP contribution in [0.3, 0.4) is 0 Å². The van der Waals surface area contributed by atoms with Gasteiger partial charge in [-0.25, -0.2) is 9.59 Å². The number of carbonyl (C=O) groups is 2. The zero-order valence-electron chi connectivity index (χ0n) is 31.4. The minimum absolute atomic E-state index is 0.232. The van der Waals surface area contributed by atoms with Crippen LogP contribution in [-0.2, 0) is 43.1 Å². The average Bonchev–Trinajstić information content (AvgIpc) is 3.46. The van der Waals surface area contributed by atoms with Gasteiger partial charge in [-0.3, -0.25) is 4.79 Å². The average molecular weight is 699 g/mol. The number of allylic oxidation sites excluding steroid dienone is 1. The molecule has 51 heavy (non-hydrogen) atoms. The third-order valence-electron chi connectivity index (χ3n) is 11.3. The molecule has 1 aromatic heterocycles. The normalized spacial score (nSPS) is 25.0. The van der Waals surface area contributed by atoms with E-state index in [4.69, 9.17) is 23.4 Å². The van der Waals surface area contributed by atoms with E-state index in [1.807, 2.05) is 39.8 Å². The van der Waals surface area contributed by atoms with Crippen molar-refractivity contribution in [2.75, 3.05) is 13.7 Å². The first-order valence-corrected chi connectivity index (χ1v) is 18.7. The molecular weight excluding hydrogens is 644 g/mol. The van der Waals surface area contributed by atoms with Crippen molar-refractivity contribution in [1.29, 1.82) is 0 Å². The summed E-state index contributed by atoms with van der Waals surface area (Å²) in [4.78, 5) is 41.8. The lowest BCUT2D eigenvalue weighted by molar-refractivity contribution is -0.189. The molecule has 4 heterocycles. The molecule has 1 saturated carbocycles. The van der Waals surface area contributed by atoms with Crippen molar-refractivity contribution in [1.82, 2.24) is 0 Å². The van der Waals surface area contributed by atoms with Gasteiger partial charge >= 0.3 is 17.6 Å². The molecule has 0 radical (unpaired) electrons. The van der Waals surface area contributed by atoms with E-state index in [0.717, 1.165) is 43.2 Å². The Labute approximate surface area is 301 Å². The van der Waals surface area contributed by atoms with Crippen LogP contribution in [0.1, 0.15) is 115 Å². The SMILES string of the molecule is COCCc1cc2ccc3c(c2oc1=O)C1OC(=O)CC2(CCC(CCC(C)C)C2)Cc2ccc(cc2)CCC(=C(C)C)C(=O)OC1C(C)(C)O3. The van der Waals surface area contributed by atoms with Gasteiger partial charge in [-0.05, 0) is 113 Å². The van der Waals surface area contributed by atoms with Gasteiger partial charge in [0.2, 0.25) is 0 Å². The van der Waals surface area contributed by atoms with Crippen LogP contribution in [0, 0.1) is 17.3 Å². The van der Waals surface area contributed by atoms with Crippen LogP contribution in [0.25, 0.3) is 11.0 Å². The van der Waals surface area contributed by atoms with Gasteiger partial charge in [0.25, 0.3) is 0 Å². The molecule has 0 saturated heterocycles. The standard InChI is InChI=1S/C43H54O8/c1-26(2)8-9-30-18-20-43(24-30)23-29-12-10-28(11-13-29)14-16-33(27(3)4)41(46)50-39-38(48-35(44)25-43)36-34(51-42(39,5)6)17-15-31-22-32(19-21-47-7)40(45)49-37(31)36/h10-13,15,17,22,26,30,38-39H,8-9,14,16,18-21,23-25H2,1-7H3. The van der Waals surface area contributed by atoms with E-state index in [9.17, 15) is 14.4 Å². The number of methoxy groups -OCH3 is 1. The highest BCUT2D eigenvalue weighted by atomic mass is 16.6. The number of rotatable bonds is 6.